The number of hydrazone groups is 1. The number of rotatable bonds is 5. The first-order chi connectivity index (χ1) is 11.1. The SMILES string of the molecule is COc1ccc(NNC(=S)N/N=C(\C)c2ccc(Br)cc2)cc1. The topological polar surface area (TPSA) is 57.7 Å². The highest BCUT2D eigenvalue weighted by Crippen LogP contribution is 2.14. The van der Waals surface area contributed by atoms with Gasteiger partial charge >= 0.3 is 0 Å². The minimum Gasteiger partial charge on any atom is -0.497 e. The lowest BCUT2D eigenvalue weighted by Gasteiger charge is -2.11. The Bertz CT molecular complexity index is 686. The minimum absolute atomic E-state index is 0.372. The van der Waals surface area contributed by atoms with Crippen molar-refractivity contribution >= 4 is 44.7 Å². The van der Waals surface area contributed by atoms with Gasteiger partial charge in [0, 0.05) is 4.47 Å². The normalized spacial score (nSPS) is 10.8. The summed E-state index contributed by atoms with van der Waals surface area (Å²) in [6.45, 7) is 1.91. The molecular formula is C16H17BrN4OS. The van der Waals surface area contributed by atoms with Gasteiger partial charge in [0.2, 0.25) is 5.11 Å². The number of benzene rings is 2. The Hall–Kier alpha value is -2.12. The van der Waals surface area contributed by atoms with E-state index >= 15 is 0 Å². The van der Waals surface area contributed by atoms with Gasteiger partial charge in [-0.15, -0.1) is 0 Å². The summed E-state index contributed by atoms with van der Waals surface area (Å²) in [6, 6.07) is 15.4. The van der Waals surface area contributed by atoms with E-state index in [4.69, 9.17) is 17.0 Å². The summed E-state index contributed by atoms with van der Waals surface area (Å²) >= 11 is 8.57. The third-order valence-corrected chi connectivity index (χ3v) is 3.72. The van der Waals surface area contributed by atoms with Crippen molar-refractivity contribution in [2.45, 2.75) is 6.92 Å². The van der Waals surface area contributed by atoms with Crippen LogP contribution in [0.15, 0.2) is 58.1 Å². The number of hydrogen-bond acceptors (Lipinski definition) is 4. The summed E-state index contributed by atoms with van der Waals surface area (Å²) in [5.74, 6) is 0.797. The standard InChI is InChI=1S/C16H17BrN4OS/c1-11(12-3-5-13(17)6-4-12)18-20-16(23)21-19-14-7-9-15(22-2)10-8-14/h3-10,19H,1-2H3,(H2,20,21,23)/b18-11+. The van der Waals surface area contributed by atoms with E-state index in [2.05, 4.69) is 37.3 Å². The van der Waals surface area contributed by atoms with Gasteiger partial charge in [0.1, 0.15) is 5.75 Å². The van der Waals surface area contributed by atoms with Gasteiger partial charge in [-0.25, -0.2) is 0 Å². The molecule has 0 unspecified atom stereocenters. The Balaban J connectivity index is 1.84. The smallest absolute Gasteiger partial charge is 0.205 e. The molecule has 0 aromatic heterocycles. The summed E-state index contributed by atoms with van der Waals surface area (Å²) in [7, 11) is 1.63. The third-order valence-electron chi connectivity index (χ3n) is 3.00. The van der Waals surface area contributed by atoms with Crippen molar-refractivity contribution in [3.05, 3.63) is 58.6 Å². The van der Waals surface area contributed by atoms with Gasteiger partial charge in [0.25, 0.3) is 0 Å². The molecule has 5 nitrogen and oxygen atoms in total. The average molecular weight is 393 g/mol. The van der Waals surface area contributed by atoms with Crippen molar-refractivity contribution in [1.29, 1.82) is 0 Å². The third kappa shape index (κ3) is 5.54. The molecule has 2 aromatic rings. The predicted molar refractivity (Wildman–Crippen MR) is 102 cm³/mol. The summed E-state index contributed by atoms with van der Waals surface area (Å²) in [5.41, 5.74) is 11.4. The maximum Gasteiger partial charge on any atom is 0.205 e. The number of hydrogen-bond donors (Lipinski definition) is 3. The van der Waals surface area contributed by atoms with Crippen molar-refractivity contribution in [2.75, 3.05) is 12.5 Å². The zero-order chi connectivity index (χ0) is 16.7. The van der Waals surface area contributed by atoms with E-state index < -0.39 is 0 Å². The Morgan fingerprint density at radius 3 is 2.35 bits per heavy atom. The highest BCUT2D eigenvalue weighted by atomic mass is 79.9. The molecule has 0 saturated heterocycles. The van der Waals surface area contributed by atoms with Crippen LogP contribution in [-0.4, -0.2) is 17.9 Å². The molecule has 0 saturated carbocycles. The molecule has 0 aliphatic rings. The fourth-order valence-corrected chi connectivity index (χ4v) is 2.08. The largest absolute Gasteiger partial charge is 0.497 e. The summed E-state index contributed by atoms with van der Waals surface area (Å²) < 4.78 is 6.13. The van der Waals surface area contributed by atoms with E-state index in [0.29, 0.717) is 5.11 Å². The number of hydrazine groups is 1. The number of halogens is 1. The van der Waals surface area contributed by atoms with E-state index in [1.54, 1.807) is 7.11 Å². The Morgan fingerprint density at radius 2 is 1.74 bits per heavy atom. The number of nitrogens with zero attached hydrogens (tertiary/aromatic N) is 1. The van der Waals surface area contributed by atoms with Gasteiger partial charge in [-0.1, -0.05) is 28.1 Å². The summed E-state index contributed by atoms with van der Waals surface area (Å²) in [6.07, 6.45) is 0. The molecule has 0 spiro atoms. The highest BCUT2D eigenvalue weighted by molar-refractivity contribution is 9.10. The van der Waals surface area contributed by atoms with Crippen LogP contribution in [0.1, 0.15) is 12.5 Å². The number of nitrogens with one attached hydrogen (secondary N) is 3. The molecule has 0 radical (unpaired) electrons. The van der Waals surface area contributed by atoms with Crippen LogP contribution in [-0.2, 0) is 0 Å². The van der Waals surface area contributed by atoms with Gasteiger partial charge in [0.15, 0.2) is 0 Å². The molecule has 23 heavy (non-hydrogen) atoms. The van der Waals surface area contributed by atoms with E-state index in [9.17, 15) is 0 Å². The van der Waals surface area contributed by atoms with E-state index in [1.165, 1.54) is 0 Å². The van der Waals surface area contributed by atoms with Gasteiger partial charge < -0.3 is 4.74 Å². The molecular weight excluding hydrogens is 376 g/mol. The highest BCUT2D eigenvalue weighted by Gasteiger charge is 1.99. The number of methoxy groups -OCH3 is 1. The minimum atomic E-state index is 0.372. The van der Waals surface area contributed by atoms with Crippen molar-refractivity contribution < 1.29 is 4.74 Å². The fraction of sp³-hybridized carbons (Fsp3) is 0.125. The first kappa shape index (κ1) is 17.2. The van der Waals surface area contributed by atoms with Crippen LogP contribution in [0.25, 0.3) is 0 Å². The van der Waals surface area contributed by atoms with Crippen LogP contribution in [0.4, 0.5) is 5.69 Å². The Kier molecular flexibility index (Phi) is 6.37. The molecule has 2 rings (SSSR count). The van der Waals surface area contributed by atoms with Crippen molar-refractivity contribution in [2.24, 2.45) is 5.10 Å². The molecule has 0 aliphatic heterocycles. The monoisotopic (exact) mass is 392 g/mol. The number of thiocarbonyl (C=S) groups is 1. The van der Waals surface area contributed by atoms with Crippen molar-refractivity contribution in [3.8, 4) is 5.75 Å². The molecule has 0 heterocycles. The van der Waals surface area contributed by atoms with Gasteiger partial charge in [-0.05, 0) is 61.1 Å². The molecule has 3 N–H and O–H groups in total. The van der Waals surface area contributed by atoms with Crippen LogP contribution in [0.3, 0.4) is 0 Å². The Morgan fingerprint density at radius 1 is 1.09 bits per heavy atom. The lowest BCUT2D eigenvalue weighted by atomic mass is 10.1. The average Bonchev–Trinajstić information content (AvgIpc) is 2.59. The zero-order valence-corrected chi connectivity index (χ0v) is 15.2. The van der Waals surface area contributed by atoms with E-state index in [1.807, 2.05) is 55.5 Å². The molecule has 0 fully saturated rings. The van der Waals surface area contributed by atoms with Crippen LogP contribution >= 0.6 is 28.1 Å². The van der Waals surface area contributed by atoms with Crippen LogP contribution in [0.2, 0.25) is 0 Å². The van der Waals surface area contributed by atoms with Crippen molar-refractivity contribution in [1.82, 2.24) is 10.9 Å². The van der Waals surface area contributed by atoms with Crippen LogP contribution in [0.5, 0.6) is 5.75 Å². The molecule has 7 heteroatoms. The fourth-order valence-electron chi connectivity index (χ4n) is 1.72. The summed E-state index contributed by atoms with van der Waals surface area (Å²) in [5, 5.41) is 4.62. The lowest BCUT2D eigenvalue weighted by Crippen LogP contribution is -2.36. The molecule has 0 amide bonds. The van der Waals surface area contributed by atoms with Crippen LogP contribution < -0.4 is 21.0 Å². The van der Waals surface area contributed by atoms with E-state index in [0.717, 1.165) is 27.2 Å². The van der Waals surface area contributed by atoms with Crippen molar-refractivity contribution in [3.63, 3.8) is 0 Å². The number of ether oxygens (including phenoxy) is 1. The maximum atomic E-state index is 5.17. The quantitative estimate of drug-likeness (QED) is 0.411. The molecule has 0 aliphatic carbocycles. The molecule has 0 bridgehead atoms. The maximum absolute atomic E-state index is 5.17. The second-order valence-corrected chi connectivity index (χ2v) is 5.95. The first-order valence-electron chi connectivity index (χ1n) is 6.85. The Labute approximate surface area is 149 Å². The number of anilines is 1. The molecule has 120 valence electrons. The first-order valence-corrected chi connectivity index (χ1v) is 8.05. The predicted octanol–water partition coefficient (Wildman–Crippen LogP) is 3.67. The van der Waals surface area contributed by atoms with E-state index in [-0.39, 0.29) is 0 Å². The summed E-state index contributed by atoms with van der Waals surface area (Å²) in [4.78, 5) is 0. The lowest BCUT2D eigenvalue weighted by molar-refractivity contribution is 0.415. The van der Waals surface area contributed by atoms with Gasteiger partial charge in [0.05, 0.1) is 18.5 Å². The van der Waals surface area contributed by atoms with Gasteiger partial charge in [-0.2, -0.15) is 5.10 Å². The second kappa shape index (κ2) is 8.50. The van der Waals surface area contributed by atoms with Crippen LogP contribution in [0, 0.1) is 0 Å². The second-order valence-electron chi connectivity index (χ2n) is 4.62. The molecule has 0 atom stereocenters. The zero-order valence-electron chi connectivity index (χ0n) is 12.8. The van der Waals surface area contributed by atoms with Gasteiger partial charge in [-0.3, -0.25) is 16.3 Å². The molecule has 2 aromatic carbocycles.